The van der Waals surface area contributed by atoms with E-state index >= 15 is 0 Å². The predicted octanol–water partition coefficient (Wildman–Crippen LogP) is 16.5. The molecule has 64 heavy (non-hydrogen) atoms. The van der Waals surface area contributed by atoms with E-state index in [2.05, 4.69) is 233 Å². The molecule has 3 heterocycles. The van der Waals surface area contributed by atoms with Gasteiger partial charge in [0.2, 0.25) is 0 Å². The van der Waals surface area contributed by atoms with E-state index in [4.69, 9.17) is 0 Å². The highest BCUT2D eigenvalue weighted by atomic mass is 15.0. The van der Waals surface area contributed by atoms with Crippen molar-refractivity contribution in [3.63, 3.8) is 0 Å². The number of rotatable bonds is 6. The summed E-state index contributed by atoms with van der Waals surface area (Å²) in [5, 5.41) is 7.71. The molecule has 0 saturated heterocycles. The SMILES string of the molecule is CC1CC(c2ccc(-c3ccc4c(c3)c3ccccc3n4C3=CC=CCC3)cc2)=CC=C1n1c2ccccc2c2cc(-c3ccc4c(c3)c3ccccc3n4-c3ccccc3)ccc21. The summed E-state index contributed by atoms with van der Waals surface area (Å²) in [6.07, 6.45) is 14.6. The maximum absolute atomic E-state index is 2.51. The Kier molecular flexibility index (Phi) is 8.39. The lowest BCUT2D eigenvalue weighted by molar-refractivity contribution is 0.736. The summed E-state index contributed by atoms with van der Waals surface area (Å²) in [5.74, 6) is 0.331. The monoisotopic (exact) mass is 819 g/mol. The highest BCUT2D eigenvalue weighted by Gasteiger charge is 2.23. The maximum atomic E-state index is 2.51. The number of allylic oxidation sites excluding steroid dienone is 8. The van der Waals surface area contributed by atoms with Crippen molar-refractivity contribution >= 4 is 82.4 Å². The van der Waals surface area contributed by atoms with Crippen molar-refractivity contribution in [3.05, 3.63) is 218 Å². The van der Waals surface area contributed by atoms with Crippen LogP contribution < -0.4 is 0 Å². The molecule has 0 aliphatic heterocycles. The van der Waals surface area contributed by atoms with Crippen LogP contribution in [0.2, 0.25) is 0 Å². The summed E-state index contributed by atoms with van der Waals surface area (Å²) in [4.78, 5) is 0. The summed E-state index contributed by atoms with van der Waals surface area (Å²) in [6.45, 7) is 2.38. The Hall–Kier alpha value is -7.88. The molecular formula is C61H45N3. The molecule has 1 unspecified atom stereocenters. The molecule has 11 aromatic rings. The third kappa shape index (κ3) is 5.74. The van der Waals surface area contributed by atoms with E-state index < -0.39 is 0 Å². The highest BCUT2D eigenvalue weighted by Crippen LogP contribution is 2.42. The second-order valence-corrected chi connectivity index (χ2v) is 17.7. The van der Waals surface area contributed by atoms with E-state index in [1.165, 1.54) is 116 Å². The fourth-order valence-corrected chi connectivity index (χ4v) is 10.9. The molecule has 3 aromatic heterocycles. The number of hydrogen-bond donors (Lipinski definition) is 0. The molecule has 0 N–H and O–H groups in total. The zero-order valence-corrected chi connectivity index (χ0v) is 35.7. The molecule has 2 aliphatic rings. The first-order valence-corrected chi connectivity index (χ1v) is 22.7. The van der Waals surface area contributed by atoms with Crippen LogP contribution in [0.1, 0.15) is 31.7 Å². The Bertz CT molecular complexity index is 3800. The van der Waals surface area contributed by atoms with E-state index in [0.717, 1.165) is 19.3 Å². The van der Waals surface area contributed by atoms with Crippen LogP contribution in [0.4, 0.5) is 0 Å². The second kappa shape index (κ2) is 14.6. The molecule has 0 radical (unpaired) electrons. The quantitative estimate of drug-likeness (QED) is 0.159. The van der Waals surface area contributed by atoms with Gasteiger partial charge in [0.1, 0.15) is 0 Å². The van der Waals surface area contributed by atoms with Crippen molar-refractivity contribution in [2.45, 2.75) is 26.2 Å². The maximum Gasteiger partial charge on any atom is 0.0541 e. The average molecular weight is 820 g/mol. The van der Waals surface area contributed by atoms with Gasteiger partial charge in [-0.3, -0.25) is 0 Å². The van der Waals surface area contributed by atoms with Crippen LogP contribution in [-0.2, 0) is 0 Å². The van der Waals surface area contributed by atoms with Crippen LogP contribution in [0.3, 0.4) is 0 Å². The standard InChI is InChI=1S/C61H45N3/c1-40-36-43(41-24-26-42(27-25-41)44-29-33-59-52(37-44)49-18-8-11-21-56(49)62(59)47-14-4-2-5-15-47)28-32-55(40)64-58-23-13-10-20-51(58)54-39-46(31-35-61(54)64)45-30-34-60-53(38-45)50-19-9-12-22-57(50)63(60)48-16-6-3-7-17-48/h2-4,6-14,16-35,37-40H,5,15,36H2,1H3. The van der Waals surface area contributed by atoms with E-state index in [1.807, 2.05) is 0 Å². The molecule has 0 saturated carbocycles. The van der Waals surface area contributed by atoms with E-state index in [-0.39, 0.29) is 0 Å². The van der Waals surface area contributed by atoms with Gasteiger partial charge in [0.05, 0.1) is 33.1 Å². The van der Waals surface area contributed by atoms with Gasteiger partial charge in [-0.2, -0.15) is 0 Å². The van der Waals surface area contributed by atoms with Gasteiger partial charge in [-0.05, 0) is 132 Å². The number of fused-ring (bicyclic) bond motifs is 9. The Balaban J connectivity index is 0.840. The van der Waals surface area contributed by atoms with Crippen LogP contribution >= 0.6 is 0 Å². The third-order valence-electron chi connectivity index (χ3n) is 14.0. The minimum atomic E-state index is 0.331. The molecule has 304 valence electrons. The molecule has 0 spiro atoms. The third-order valence-corrected chi connectivity index (χ3v) is 14.0. The highest BCUT2D eigenvalue weighted by molar-refractivity contribution is 6.14. The largest absolute Gasteiger partial charge is 0.313 e. The van der Waals surface area contributed by atoms with Gasteiger partial charge in [-0.15, -0.1) is 0 Å². The van der Waals surface area contributed by atoms with Crippen molar-refractivity contribution in [3.8, 4) is 27.9 Å². The summed E-state index contributed by atoms with van der Waals surface area (Å²) >= 11 is 0. The zero-order chi connectivity index (χ0) is 42.3. The average Bonchev–Trinajstić information content (AvgIpc) is 3.99. The molecule has 0 amide bonds. The number of para-hydroxylation sites is 4. The topological polar surface area (TPSA) is 14.8 Å². The number of benzene rings is 8. The van der Waals surface area contributed by atoms with E-state index in [0.29, 0.717) is 5.92 Å². The van der Waals surface area contributed by atoms with Gasteiger partial charge in [0.15, 0.2) is 0 Å². The van der Waals surface area contributed by atoms with Gasteiger partial charge in [0.25, 0.3) is 0 Å². The molecule has 0 bridgehead atoms. The molecular weight excluding hydrogens is 775 g/mol. The van der Waals surface area contributed by atoms with Crippen molar-refractivity contribution < 1.29 is 0 Å². The van der Waals surface area contributed by atoms with Crippen LogP contribution in [0.25, 0.3) is 110 Å². The first-order chi connectivity index (χ1) is 31.7. The Morgan fingerprint density at radius 3 is 1.44 bits per heavy atom. The van der Waals surface area contributed by atoms with E-state index in [1.54, 1.807) is 0 Å². The molecule has 0 fully saturated rings. The number of nitrogens with zero attached hydrogens (tertiary/aromatic N) is 3. The zero-order valence-electron chi connectivity index (χ0n) is 35.7. The summed E-state index contributed by atoms with van der Waals surface area (Å²) in [7, 11) is 0. The minimum absolute atomic E-state index is 0.331. The van der Waals surface area contributed by atoms with Crippen LogP contribution in [0.15, 0.2) is 212 Å². The minimum Gasteiger partial charge on any atom is -0.313 e. The van der Waals surface area contributed by atoms with Crippen molar-refractivity contribution in [1.82, 2.24) is 13.7 Å². The first-order valence-electron chi connectivity index (χ1n) is 22.7. The molecule has 3 heteroatoms. The van der Waals surface area contributed by atoms with Crippen molar-refractivity contribution in [1.29, 1.82) is 0 Å². The second-order valence-electron chi connectivity index (χ2n) is 17.7. The Labute approximate surface area is 372 Å². The fourth-order valence-electron chi connectivity index (χ4n) is 10.9. The lowest BCUT2D eigenvalue weighted by Crippen LogP contribution is -2.10. The van der Waals surface area contributed by atoms with Gasteiger partial charge in [-0.1, -0.05) is 140 Å². The van der Waals surface area contributed by atoms with Crippen molar-refractivity contribution in [2.24, 2.45) is 5.92 Å². The van der Waals surface area contributed by atoms with Gasteiger partial charge < -0.3 is 13.7 Å². The van der Waals surface area contributed by atoms with Crippen LogP contribution in [0, 0.1) is 5.92 Å². The van der Waals surface area contributed by atoms with E-state index in [9.17, 15) is 0 Å². The number of hydrogen-bond acceptors (Lipinski definition) is 0. The number of aromatic nitrogens is 3. The van der Waals surface area contributed by atoms with Crippen molar-refractivity contribution in [2.75, 3.05) is 0 Å². The normalized spacial score (nSPS) is 15.5. The summed E-state index contributed by atoms with van der Waals surface area (Å²) in [6, 6.07) is 67.5. The molecule has 2 aliphatic carbocycles. The van der Waals surface area contributed by atoms with Crippen LogP contribution in [-0.4, -0.2) is 13.7 Å². The predicted molar refractivity (Wildman–Crippen MR) is 273 cm³/mol. The molecule has 13 rings (SSSR count). The lowest BCUT2D eigenvalue weighted by atomic mass is 9.88. The van der Waals surface area contributed by atoms with Gasteiger partial charge in [-0.25, -0.2) is 0 Å². The Morgan fingerprint density at radius 2 is 0.859 bits per heavy atom. The first kappa shape index (κ1) is 36.7. The molecule has 1 atom stereocenters. The fraction of sp³-hybridized carbons (Fsp3) is 0.0820. The molecule has 8 aromatic carbocycles. The van der Waals surface area contributed by atoms with Gasteiger partial charge >= 0.3 is 0 Å². The van der Waals surface area contributed by atoms with Gasteiger partial charge in [0, 0.05) is 55.3 Å². The lowest BCUT2D eigenvalue weighted by Gasteiger charge is -2.24. The summed E-state index contributed by atoms with van der Waals surface area (Å²) < 4.78 is 7.36. The Morgan fingerprint density at radius 1 is 0.391 bits per heavy atom. The smallest absolute Gasteiger partial charge is 0.0541 e. The van der Waals surface area contributed by atoms with Crippen LogP contribution in [0.5, 0.6) is 0 Å². The molecule has 3 nitrogen and oxygen atoms in total. The summed E-state index contributed by atoms with van der Waals surface area (Å²) in [5.41, 5.74) is 19.0.